The quantitative estimate of drug-likeness (QED) is 0.760. The van der Waals surface area contributed by atoms with Gasteiger partial charge in [0.2, 0.25) is 0 Å². The highest BCUT2D eigenvalue weighted by molar-refractivity contribution is 6.07. The third kappa shape index (κ3) is 3.75. The number of likely N-dealkylation sites (tertiary alicyclic amines) is 1. The Labute approximate surface area is 178 Å². The number of hydrogen-bond donors (Lipinski definition) is 1. The molecule has 0 radical (unpaired) electrons. The summed E-state index contributed by atoms with van der Waals surface area (Å²) < 4.78 is 27.4. The van der Waals surface area contributed by atoms with Crippen LogP contribution in [0.1, 0.15) is 35.7 Å². The third-order valence-corrected chi connectivity index (χ3v) is 6.17. The molecule has 7 nitrogen and oxygen atoms in total. The summed E-state index contributed by atoms with van der Waals surface area (Å²) in [5, 5.41) is 2.82. The van der Waals surface area contributed by atoms with Crippen molar-refractivity contribution in [3.63, 3.8) is 0 Å². The summed E-state index contributed by atoms with van der Waals surface area (Å²) in [6.45, 7) is 2.41. The van der Waals surface area contributed by atoms with Gasteiger partial charge in [-0.1, -0.05) is 6.07 Å². The van der Waals surface area contributed by atoms with Crippen molar-refractivity contribution in [2.45, 2.75) is 31.8 Å². The molecular formula is C22H22F2N4O3. The van der Waals surface area contributed by atoms with Crippen molar-refractivity contribution in [2.75, 3.05) is 13.1 Å². The maximum Gasteiger partial charge on any atom is 0.325 e. The summed E-state index contributed by atoms with van der Waals surface area (Å²) in [4.78, 5) is 44.8. The largest absolute Gasteiger partial charge is 0.339 e. The first kappa shape index (κ1) is 20.9. The fraction of sp³-hybridized carbons (Fsp3) is 0.364. The van der Waals surface area contributed by atoms with Gasteiger partial charge in [-0.25, -0.2) is 13.6 Å². The molecule has 0 unspecified atom stereocenters. The Morgan fingerprint density at radius 3 is 2.52 bits per heavy atom. The van der Waals surface area contributed by atoms with E-state index < -0.39 is 29.1 Å². The van der Waals surface area contributed by atoms with Gasteiger partial charge < -0.3 is 10.2 Å². The van der Waals surface area contributed by atoms with Gasteiger partial charge in [0, 0.05) is 25.5 Å². The maximum absolute atomic E-state index is 14.0. The van der Waals surface area contributed by atoms with Crippen LogP contribution in [0.4, 0.5) is 13.6 Å². The van der Waals surface area contributed by atoms with Crippen LogP contribution in [0, 0.1) is 17.6 Å². The van der Waals surface area contributed by atoms with Gasteiger partial charge in [0.1, 0.15) is 5.54 Å². The Morgan fingerprint density at radius 2 is 1.84 bits per heavy atom. The average molecular weight is 428 g/mol. The number of carbonyl (C=O) groups is 3. The molecule has 3 heterocycles. The van der Waals surface area contributed by atoms with Crippen molar-refractivity contribution in [3.05, 3.63) is 65.5 Å². The van der Waals surface area contributed by atoms with Crippen LogP contribution in [0.3, 0.4) is 0 Å². The van der Waals surface area contributed by atoms with Crippen LogP contribution in [-0.4, -0.2) is 51.3 Å². The predicted molar refractivity (Wildman–Crippen MR) is 107 cm³/mol. The molecule has 162 valence electrons. The molecule has 0 spiro atoms. The van der Waals surface area contributed by atoms with E-state index in [9.17, 15) is 23.2 Å². The van der Waals surface area contributed by atoms with E-state index in [0.29, 0.717) is 12.8 Å². The second kappa shape index (κ2) is 8.05. The Bertz CT molecular complexity index is 1020. The average Bonchev–Trinajstić information content (AvgIpc) is 3.00. The molecular weight excluding hydrogens is 406 g/mol. The minimum atomic E-state index is -1.16. The molecule has 1 aromatic heterocycles. The van der Waals surface area contributed by atoms with Crippen LogP contribution in [0.2, 0.25) is 0 Å². The van der Waals surface area contributed by atoms with Gasteiger partial charge in [-0.05, 0) is 55.5 Å². The van der Waals surface area contributed by atoms with Crippen molar-refractivity contribution in [2.24, 2.45) is 5.92 Å². The lowest BCUT2D eigenvalue weighted by atomic mass is 9.78. The van der Waals surface area contributed by atoms with Crippen molar-refractivity contribution < 1.29 is 23.2 Å². The van der Waals surface area contributed by atoms with Gasteiger partial charge in [-0.2, -0.15) is 0 Å². The van der Waals surface area contributed by atoms with E-state index in [-0.39, 0.29) is 37.0 Å². The summed E-state index contributed by atoms with van der Waals surface area (Å²) in [6, 6.07) is 6.54. The zero-order valence-corrected chi connectivity index (χ0v) is 17.0. The van der Waals surface area contributed by atoms with Crippen LogP contribution in [0.15, 0.2) is 42.7 Å². The molecule has 0 saturated carbocycles. The number of imide groups is 1. The number of aromatic nitrogens is 1. The molecule has 2 aromatic rings. The Kier molecular flexibility index (Phi) is 5.43. The first-order valence-corrected chi connectivity index (χ1v) is 10.1. The summed E-state index contributed by atoms with van der Waals surface area (Å²) in [5.74, 6) is -3.31. The van der Waals surface area contributed by atoms with Gasteiger partial charge in [-0.3, -0.25) is 19.5 Å². The maximum atomic E-state index is 14.0. The van der Waals surface area contributed by atoms with E-state index in [2.05, 4.69) is 10.3 Å². The Balaban J connectivity index is 1.43. The zero-order valence-electron chi connectivity index (χ0n) is 17.0. The number of carbonyl (C=O) groups excluding carboxylic acids is 3. The lowest BCUT2D eigenvalue weighted by Gasteiger charge is -2.39. The van der Waals surface area contributed by atoms with Crippen LogP contribution in [-0.2, 0) is 11.3 Å². The summed E-state index contributed by atoms with van der Waals surface area (Å²) >= 11 is 0. The molecule has 4 amide bonds. The summed E-state index contributed by atoms with van der Waals surface area (Å²) in [5.41, 5.74) is -0.595. The lowest BCUT2D eigenvalue weighted by molar-refractivity contribution is -0.133. The number of piperidine rings is 1. The molecule has 2 fully saturated rings. The number of halogens is 2. The molecule has 0 bridgehead atoms. The molecule has 31 heavy (non-hydrogen) atoms. The Hall–Kier alpha value is -3.36. The van der Waals surface area contributed by atoms with Gasteiger partial charge in [0.15, 0.2) is 11.6 Å². The van der Waals surface area contributed by atoms with E-state index in [4.69, 9.17) is 0 Å². The standard InChI is InChI=1S/C22H22F2N4O3/c1-22(20(30)28(21(31)26-22)13-14-5-9-25-10-6-14)15-7-11-27(12-8-15)19(29)16-3-2-4-17(23)18(16)24/h2-6,9-10,15H,7-8,11-13H2,1H3,(H,26,31)/t22-/m1/s1. The highest BCUT2D eigenvalue weighted by Gasteiger charge is 2.52. The van der Waals surface area contributed by atoms with Crippen molar-refractivity contribution >= 4 is 17.8 Å². The van der Waals surface area contributed by atoms with E-state index in [0.717, 1.165) is 11.6 Å². The highest BCUT2D eigenvalue weighted by atomic mass is 19.2. The molecule has 2 aliphatic rings. The fourth-order valence-corrected chi connectivity index (χ4v) is 4.31. The van der Waals surface area contributed by atoms with E-state index in [1.165, 1.54) is 21.9 Å². The molecule has 9 heteroatoms. The van der Waals surface area contributed by atoms with Crippen molar-refractivity contribution in [1.82, 2.24) is 20.1 Å². The summed E-state index contributed by atoms with van der Waals surface area (Å²) in [7, 11) is 0. The summed E-state index contributed by atoms with van der Waals surface area (Å²) in [6.07, 6.45) is 4.10. The van der Waals surface area contributed by atoms with Gasteiger partial charge in [-0.15, -0.1) is 0 Å². The fourth-order valence-electron chi connectivity index (χ4n) is 4.31. The second-order valence-electron chi connectivity index (χ2n) is 8.05. The number of urea groups is 1. The second-order valence-corrected chi connectivity index (χ2v) is 8.05. The highest BCUT2D eigenvalue weighted by Crippen LogP contribution is 2.34. The van der Waals surface area contributed by atoms with Crippen LogP contribution >= 0.6 is 0 Å². The van der Waals surface area contributed by atoms with Crippen molar-refractivity contribution in [3.8, 4) is 0 Å². The topological polar surface area (TPSA) is 82.6 Å². The monoisotopic (exact) mass is 428 g/mol. The SMILES string of the molecule is C[C@]1(C2CCN(C(=O)c3cccc(F)c3F)CC2)NC(=O)N(Cc2ccncc2)C1=O. The first-order chi connectivity index (χ1) is 14.8. The van der Waals surface area contributed by atoms with Crippen molar-refractivity contribution in [1.29, 1.82) is 0 Å². The molecule has 1 aromatic carbocycles. The van der Waals surface area contributed by atoms with Gasteiger partial charge in [0.25, 0.3) is 11.8 Å². The Morgan fingerprint density at radius 1 is 1.16 bits per heavy atom. The van der Waals surface area contributed by atoms with E-state index in [1.807, 2.05) is 0 Å². The number of nitrogens with one attached hydrogen (secondary N) is 1. The van der Waals surface area contributed by atoms with Crippen LogP contribution in [0.25, 0.3) is 0 Å². The van der Waals surface area contributed by atoms with E-state index in [1.54, 1.807) is 31.5 Å². The predicted octanol–water partition coefficient (Wildman–Crippen LogP) is 2.72. The van der Waals surface area contributed by atoms with Gasteiger partial charge >= 0.3 is 6.03 Å². The minimum absolute atomic E-state index is 0.152. The molecule has 0 aliphatic carbocycles. The molecule has 2 aliphatic heterocycles. The normalized spacial score (nSPS) is 22.0. The number of nitrogens with zero attached hydrogens (tertiary/aromatic N) is 3. The smallest absolute Gasteiger partial charge is 0.325 e. The minimum Gasteiger partial charge on any atom is -0.339 e. The lowest BCUT2D eigenvalue weighted by Crippen LogP contribution is -2.54. The number of benzene rings is 1. The van der Waals surface area contributed by atoms with Gasteiger partial charge in [0.05, 0.1) is 12.1 Å². The molecule has 1 atom stereocenters. The number of hydrogen-bond acceptors (Lipinski definition) is 4. The number of rotatable bonds is 4. The molecule has 1 N–H and O–H groups in total. The molecule has 2 saturated heterocycles. The number of pyridine rings is 1. The van der Waals surface area contributed by atoms with Crippen LogP contribution in [0.5, 0.6) is 0 Å². The number of amides is 4. The van der Waals surface area contributed by atoms with E-state index >= 15 is 0 Å². The van der Waals surface area contributed by atoms with Crippen LogP contribution < -0.4 is 5.32 Å². The first-order valence-electron chi connectivity index (χ1n) is 10.1. The zero-order chi connectivity index (χ0) is 22.2. The third-order valence-electron chi connectivity index (χ3n) is 6.17. The molecule has 4 rings (SSSR count).